The van der Waals surface area contributed by atoms with E-state index in [0.717, 1.165) is 16.1 Å². The first-order chi connectivity index (χ1) is 7.70. The van der Waals surface area contributed by atoms with Crippen molar-refractivity contribution < 1.29 is 0 Å². The summed E-state index contributed by atoms with van der Waals surface area (Å²) in [6.07, 6.45) is 3.53. The third-order valence-electron chi connectivity index (χ3n) is 2.41. The predicted molar refractivity (Wildman–Crippen MR) is 64.3 cm³/mol. The molecule has 0 radical (unpaired) electrons. The van der Waals surface area contributed by atoms with Crippen LogP contribution in [0.25, 0.3) is 0 Å². The lowest BCUT2D eigenvalue weighted by Crippen LogP contribution is -2.13. The molecular formula is C11H14N4S. The van der Waals surface area contributed by atoms with Crippen LogP contribution in [-0.4, -0.2) is 14.6 Å². The molecule has 1 unspecified atom stereocenters. The summed E-state index contributed by atoms with van der Waals surface area (Å²) in [5.41, 5.74) is 8.17. The van der Waals surface area contributed by atoms with Crippen LogP contribution in [0.5, 0.6) is 0 Å². The molecule has 0 fully saturated rings. The van der Waals surface area contributed by atoms with Gasteiger partial charge in [-0.25, -0.2) is 0 Å². The number of pyridine rings is 1. The molecule has 4 nitrogen and oxygen atoms in total. The van der Waals surface area contributed by atoms with Crippen molar-refractivity contribution in [1.82, 2.24) is 14.6 Å². The summed E-state index contributed by atoms with van der Waals surface area (Å²) in [6.45, 7) is 4.19. The second kappa shape index (κ2) is 4.67. The van der Waals surface area contributed by atoms with E-state index in [1.54, 1.807) is 12.4 Å². The summed E-state index contributed by atoms with van der Waals surface area (Å²) >= 11 is 1.37. The fourth-order valence-electron chi connectivity index (χ4n) is 1.53. The van der Waals surface area contributed by atoms with Crippen molar-refractivity contribution in [1.29, 1.82) is 0 Å². The molecule has 0 aliphatic heterocycles. The third kappa shape index (κ3) is 2.10. The SMILES string of the molecule is CC(C)c1nnsc1C(N)c1cccnc1. The van der Waals surface area contributed by atoms with Gasteiger partial charge in [0.15, 0.2) is 0 Å². The fraction of sp³-hybridized carbons (Fsp3) is 0.364. The Hall–Kier alpha value is -1.33. The van der Waals surface area contributed by atoms with Gasteiger partial charge in [-0.05, 0) is 29.1 Å². The topological polar surface area (TPSA) is 64.7 Å². The van der Waals surface area contributed by atoms with Crippen LogP contribution in [0.2, 0.25) is 0 Å². The summed E-state index contributed by atoms with van der Waals surface area (Å²) in [5, 5.41) is 4.13. The van der Waals surface area contributed by atoms with Gasteiger partial charge in [0.2, 0.25) is 0 Å². The van der Waals surface area contributed by atoms with Gasteiger partial charge in [-0.2, -0.15) is 0 Å². The average Bonchev–Trinajstić information content (AvgIpc) is 2.78. The van der Waals surface area contributed by atoms with Gasteiger partial charge >= 0.3 is 0 Å². The Kier molecular flexibility index (Phi) is 3.26. The molecule has 2 heterocycles. The molecule has 0 amide bonds. The van der Waals surface area contributed by atoms with Crippen LogP contribution in [0.15, 0.2) is 24.5 Å². The molecule has 84 valence electrons. The minimum atomic E-state index is -0.175. The van der Waals surface area contributed by atoms with E-state index in [1.165, 1.54) is 11.5 Å². The molecule has 5 heteroatoms. The van der Waals surface area contributed by atoms with E-state index in [9.17, 15) is 0 Å². The van der Waals surface area contributed by atoms with Crippen molar-refractivity contribution in [2.24, 2.45) is 5.73 Å². The molecule has 0 aliphatic rings. The standard InChI is InChI=1S/C11H14N4S/c1-7(2)10-11(16-15-14-10)9(12)8-4-3-5-13-6-8/h3-7,9H,12H2,1-2H3. The molecule has 1 atom stereocenters. The van der Waals surface area contributed by atoms with Gasteiger partial charge in [-0.3, -0.25) is 4.98 Å². The number of hydrogen-bond acceptors (Lipinski definition) is 5. The van der Waals surface area contributed by atoms with E-state index in [0.29, 0.717) is 5.92 Å². The van der Waals surface area contributed by atoms with Crippen LogP contribution in [0, 0.1) is 0 Å². The molecule has 2 N–H and O–H groups in total. The van der Waals surface area contributed by atoms with Crippen molar-refractivity contribution >= 4 is 11.5 Å². The molecule has 16 heavy (non-hydrogen) atoms. The Labute approximate surface area is 98.7 Å². The number of aromatic nitrogens is 3. The molecule has 2 aromatic heterocycles. The normalized spacial score (nSPS) is 13.0. The maximum absolute atomic E-state index is 6.19. The Balaban J connectivity index is 2.34. The summed E-state index contributed by atoms with van der Waals surface area (Å²) in [6, 6.07) is 3.69. The Morgan fingerprint density at radius 1 is 1.38 bits per heavy atom. The van der Waals surface area contributed by atoms with E-state index in [2.05, 4.69) is 28.4 Å². The average molecular weight is 234 g/mol. The van der Waals surface area contributed by atoms with E-state index >= 15 is 0 Å². The highest BCUT2D eigenvalue weighted by molar-refractivity contribution is 7.05. The van der Waals surface area contributed by atoms with Crippen molar-refractivity contribution in [3.05, 3.63) is 40.7 Å². The van der Waals surface area contributed by atoms with Gasteiger partial charge in [-0.1, -0.05) is 24.4 Å². The maximum atomic E-state index is 6.19. The number of nitrogens with zero attached hydrogens (tertiary/aromatic N) is 3. The summed E-state index contributed by atoms with van der Waals surface area (Å²) < 4.78 is 3.98. The monoisotopic (exact) mass is 234 g/mol. The first-order valence-corrected chi connectivity index (χ1v) is 5.95. The third-order valence-corrected chi connectivity index (χ3v) is 3.24. The van der Waals surface area contributed by atoms with Crippen molar-refractivity contribution in [3.8, 4) is 0 Å². The van der Waals surface area contributed by atoms with Gasteiger partial charge in [-0.15, -0.1) is 5.10 Å². The van der Waals surface area contributed by atoms with E-state index in [4.69, 9.17) is 5.73 Å². The van der Waals surface area contributed by atoms with Gasteiger partial charge < -0.3 is 5.73 Å². The molecule has 0 aromatic carbocycles. The zero-order valence-corrected chi connectivity index (χ0v) is 10.1. The smallest absolute Gasteiger partial charge is 0.0832 e. The lowest BCUT2D eigenvalue weighted by Gasteiger charge is -2.11. The summed E-state index contributed by atoms with van der Waals surface area (Å²) in [5.74, 6) is 0.344. The Morgan fingerprint density at radius 2 is 2.19 bits per heavy atom. The zero-order valence-electron chi connectivity index (χ0n) is 9.29. The van der Waals surface area contributed by atoms with Crippen LogP contribution < -0.4 is 5.73 Å². The minimum Gasteiger partial charge on any atom is -0.319 e. The lowest BCUT2D eigenvalue weighted by molar-refractivity contribution is 0.769. The second-order valence-corrected chi connectivity index (χ2v) is 4.73. The van der Waals surface area contributed by atoms with Crippen molar-refractivity contribution in [2.45, 2.75) is 25.8 Å². The fourth-order valence-corrected chi connectivity index (χ4v) is 2.37. The largest absolute Gasteiger partial charge is 0.319 e. The van der Waals surface area contributed by atoms with Gasteiger partial charge in [0.25, 0.3) is 0 Å². The predicted octanol–water partition coefficient (Wildman–Crippen LogP) is 2.10. The van der Waals surface area contributed by atoms with Gasteiger partial charge in [0, 0.05) is 12.4 Å². The van der Waals surface area contributed by atoms with E-state index in [1.807, 2.05) is 12.1 Å². The van der Waals surface area contributed by atoms with Crippen LogP contribution in [0.4, 0.5) is 0 Å². The zero-order chi connectivity index (χ0) is 11.5. The van der Waals surface area contributed by atoms with E-state index in [-0.39, 0.29) is 6.04 Å². The highest BCUT2D eigenvalue weighted by Crippen LogP contribution is 2.28. The first-order valence-electron chi connectivity index (χ1n) is 5.17. The summed E-state index contributed by atoms with van der Waals surface area (Å²) in [4.78, 5) is 5.10. The van der Waals surface area contributed by atoms with Gasteiger partial charge in [0.05, 0.1) is 16.6 Å². The minimum absolute atomic E-state index is 0.175. The highest BCUT2D eigenvalue weighted by atomic mass is 32.1. The van der Waals surface area contributed by atoms with Crippen LogP contribution in [0.1, 0.15) is 41.9 Å². The van der Waals surface area contributed by atoms with Crippen LogP contribution >= 0.6 is 11.5 Å². The molecule has 0 saturated heterocycles. The van der Waals surface area contributed by atoms with E-state index < -0.39 is 0 Å². The quantitative estimate of drug-likeness (QED) is 0.883. The molecular weight excluding hydrogens is 220 g/mol. The molecule has 2 rings (SSSR count). The molecule has 2 aromatic rings. The maximum Gasteiger partial charge on any atom is 0.0832 e. The number of rotatable bonds is 3. The van der Waals surface area contributed by atoms with Crippen LogP contribution in [-0.2, 0) is 0 Å². The lowest BCUT2D eigenvalue weighted by atomic mass is 10.0. The highest BCUT2D eigenvalue weighted by Gasteiger charge is 2.19. The van der Waals surface area contributed by atoms with Crippen molar-refractivity contribution in [3.63, 3.8) is 0 Å². The number of nitrogens with two attached hydrogens (primary N) is 1. The molecule has 0 saturated carbocycles. The molecule has 0 aliphatic carbocycles. The van der Waals surface area contributed by atoms with Gasteiger partial charge in [0.1, 0.15) is 0 Å². The molecule has 0 bridgehead atoms. The summed E-state index contributed by atoms with van der Waals surface area (Å²) in [7, 11) is 0. The Morgan fingerprint density at radius 3 is 2.81 bits per heavy atom. The molecule has 0 spiro atoms. The first kappa shape index (κ1) is 11.2. The van der Waals surface area contributed by atoms with Crippen molar-refractivity contribution in [2.75, 3.05) is 0 Å². The van der Waals surface area contributed by atoms with Crippen LogP contribution in [0.3, 0.4) is 0 Å². The number of hydrogen-bond donors (Lipinski definition) is 1. The Bertz CT molecular complexity index is 452. The second-order valence-electron chi connectivity index (χ2n) is 3.94.